The highest BCUT2D eigenvalue weighted by Gasteiger charge is 2.34. The second-order valence-electron chi connectivity index (χ2n) is 7.26. The lowest BCUT2D eigenvalue weighted by Gasteiger charge is -2.22. The van der Waals surface area contributed by atoms with E-state index in [1.165, 1.54) is 44.4 Å². The van der Waals surface area contributed by atoms with Gasteiger partial charge in [-0.05, 0) is 13.0 Å². The van der Waals surface area contributed by atoms with Crippen LogP contribution in [0.4, 0.5) is 5.95 Å². The van der Waals surface area contributed by atoms with Gasteiger partial charge in [0.05, 0.1) is 18.7 Å². The zero-order valence-corrected chi connectivity index (χ0v) is 20.4. The minimum absolute atomic E-state index is 0.0497. The van der Waals surface area contributed by atoms with Crippen molar-refractivity contribution < 1.29 is 22.4 Å². The summed E-state index contributed by atoms with van der Waals surface area (Å²) in [7, 11) is -1.21. The average molecular weight is 521 g/mol. The van der Waals surface area contributed by atoms with Gasteiger partial charge in [0.15, 0.2) is 11.6 Å². The van der Waals surface area contributed by atoms with E-state index in [0.717, 1.165) is 0 Å². The average Bonchev–Trinajstić information content (AvgIpc) is 3.51. The van der Waals surface area contributed by atoms with Crippen molar-refractivity contribution in [3.05, 3.63) is 59.5 Å². The minimum atomic E-state index is -4.07. The number of sulfonamides is 1. The number of aromatic nitrogens is 7. The summed E-state index contributed by atoms with van der Waals surface area (Å²) < 4.78 is 46.1. The lowest BCUT2D eigenvalue weighted by atomic mass is 10.2. The van der Waals surface area contributed by atoms with E-state index in [0.29, 0.717) is 28.1 Å². The lowest BCUT2D eigenvalue weighted by Crippen LogP contribution is -2.33. The molecule has 0 aliphatic carbocycles. The Hall–Kier alpha value is -3.62. The molecule has 0 bridgehead atoms. The first-order valence-corrected chi connectivity index (χ1v) is 12.1. The van der Waals surface area contributed by atoms with E-state index in [4.69, 9.17) is 25.6 Å². The monoisotopic (exact) mass is 520 g/mol. The van der Waals surface area contributed by atoms with E-state index >= 15 is 0 Å². The molecule has 1 N–H and O–H groups in total. The topological polar surface area (TPSA) is 160 Å². The number of pyridine rings is 1. The standard InChI is InChI=1S/C20H21ClN8O5S/c1-12(17(33-3)18-22-9-13(21)10-23-18)35(30,31)28-20-26-25-19(15-5-4-6-16(24-15)32-2)29(20)11-14-7-8-34-27-14/h4-10,12,17H,11H2,1-3H3,(H,26,28). The molecule has 13 nitrogen and oxygen atoms in total. The lowest BCUT2D eigenvalue weighted by molar-refractivity contribution is 0.0950. The van der Waals surface area contributed by atoms with Crippen LogP contribution < -0.4 is 9.46 Å². The molecule has 2 unspecified atom stereocenters. The second-order valence-corrected chi connectivity index (χ2v) is 9.73. The van der Waals surface area contributed by atoms with Gasteiger partial charge in [0, 0.05) is 31.6 Å². The fourth-order valence-corrected chi connectivity index (χ4v) is 4.46. The van der Waals surface area contributed by atoms with Crippen LogP contribution >= 0.6 is 11.6 Å². The molecule has 4 aromatic heterocycles. The van der Waals surface area contributed by atoms with E-state index in [9.17, 15) is 8.42 Å². The number of halogens is 1. The highest BCUT2D eigenvalue weighted by Crippen LogP contribution is 2.27. The Bertz CT molecular complexity index is 1380. The molecule has 2 atom stereocenters. The molecule has 4 heterocycles. The fourth-order valence-electron chi connectivity index (χ4n) is 3.21. The molecule has 0 amide bonds. The van der Waals surface area contributed by atoms with Gasteiger partial charge in [0.1, 0.15) is 29.0 Å². The minimum Gasteiger partial charge on any atom is -0.481 e. The van der Waals surface area contributed by atoms with Crippen LogP contribution in [-0.2, 0) is 21.3 Å². The first-order chi connectivity index (χ1) is 16.8. The number of rotatable bonds is 10. The summed E-state index contributed by atoms with van der Waals surface area (Å²) in [5.41, 5.74) is 0.940. The summed E-state index contributed by atoms with van der Waals surface area (Å²) in [4.78, 5) is 12.5. The normalized spacial score (nSPS) is 13.4. The molecule has 0 aromatic carbocycles. The van der Waals surface area contributed by atoms with Gasteiger partial charge < -0.3 is 14.0 Å². The molecule has 0 aliphatic heterocycles. The smallest absolute Gasteiger partial charge is 0.240 e. The Morgan fingerprint density at radius 1 is 1.17 bits per heavy atom. The van der Waals surface area contributed by atoms with Gasteiger partial charge in [0.25, 0.3) is 0 Å². The van der Waals surface area contributed by atoms with Crippen molar-refractivity contribution in [2.45, 2.75) is 24.8 Å². The summed E-state index contributed by atoms with van der Waals surface area (Å²) in [6.07, 6.45) is 3.16. The highest BCUT2D eigenvalue weighted by atomic mass is 35.5. The molecular weight excluding hydrogens is 500 g/mol. The largest absolute Gasteiger partial charge is 0.481 e. The molecule has 0 fully saturated rings. The molecule has 4 rings (SSSR count). The summed E-state index contributed by atoms with van der Waals surface area (Å²) in [5.74, 6) is 0.771. The van der Waals surface area contributed by atoms with Crippen LogP contribution in [0.15, 0.2) is 47.4 Å². The number of nitrogens with zero attached hydrogens (tertiary/aromatic N) is 7. The van der Waals surface area contributed by atoms with Gasteiger partial charge >= 0.3 is 0 Å². The van der Waals surface area contributed by atoms with Gasteiger partial charge in [-0.25, -0.2) is 23.4 Å². The summed E-state index contributed by atoms with van der Waals surface area (Å²) in [6.45, 7) is 1.58. The van der Waals surface area contributed by atoms with Crippen molar-refractivity contribution >= 4 is 27.6 Å². The van der Waals surface area contributed by atoms with E-state index in [1.807, 2.05) is 0 Å². The molecule has 184 valence electrons. The van der Waals surface area contributed by atoms with Gasteiger partial charge in [-0.15, -0.1) is 10.2 Å². The number of nitrogens with one attached hydrogen (secondary N) is 1. The molecule has 0 spiro atoms. The quantitative estimate of drug-likeness (QED) is 0.326. The van der Waals surface area contributed by atoms with Crippen molar-refractivity contribution in [1.82, 2.24) is 34.9 Å². The predicted molar refractivity (Wildman–Crippen MR) is 124 cm³/mol. The first-order valence-electron chi connectivity index (χ1n) is 10.2. The molecule has 15 heteroatoms. The molecule has 0 saturated carbocycles. The Kier molecular flexibility index (Phi) is 7.23. The van der Waals surface area contributed by atoms with Crippen LogP contribution in [-0.4, -0.2) is 62.8 Å². The maximum absolute atomic E-state index is 13.3. The summed E-state index contributed by atoms with van der Waals surface area (Å²) in [6, 6.07) is 6.75. The Morgan fingerprint density at radius 2 is 1.94 bits per heavy atom. The summed E-state index contributed by atoms with van der Waals surface area (Å²) in [5, 5.41) is 11.3. The van der Waals surface area contributed by atoms with Crippen LogP contribution in [0.25, 0.3) is 11.5 Å². The van der Waals surface area contributed by atoms with Crippen molar-refractivity contribution in [2.24, 2.45) is 0 Å². The maximum atomic E-state index is 13.3. The fraction of sp³-hybridized carbons (Fsp3) is 0.300. The van der Waals surface area contributed by atoms with Gasteiger partial charge in [-0.1, -0.05) is 22.8 Å². The van der Waals surface area contributed by atoms with Crippen LogP contribution in [0, 0.1) is 0 Å². The van der Waals surface area contributed by atoms with Crippen molar-refractivity contribution in [2.75, 3.05) is 18.9 Å². The van der Waals surface area contributed by atoms with E-state index in [2.05, 4.69) is 35.0 Å². The van der Waals surface area contributed by atoms with Crippen LogP contribution in [0.3, 0.4) is 0 Å². The van der Waals surface area contributed by atoms with Gasteiger partial charge in [-0.3, -0.25) is 9.29 Å². The first kappa shape index (κ1) is 24.5. The third-order valence-corrected chi connectivity index (χ3v) is 6.91. The molecule has 4 aromatic rings. The van der Waals surface area contributed by atoms with E-state index in [-0.39, 0.29) is 18.3 Å². The van der Waals surface area contributed by atoms with Crippen LogP contribution in [0.2, 0.25) is 5.02 Å². The maximum Gasteiger partial charge on any atom is 0.240 e. The van der Waals surface area contributed by atoms with Crippen molar-refractivity contribution in [3.8, 4) is 17.4 Å². The van der Waals surface area contributed by atoms with E-state index in [1.54, 1.807) is 24.3 Å². The molecule has 0 saturated heterocycles. The number of hydrogen-bond acceptors (Lipinski definition) is 11. The molecule has 0 aliphatic rings. The van der Waals surface area contributed by atoms with Crippen molar-refractivity contribution in [3.63, 3.8) is 0 Å². The number of ether oxygens (including phenoxy) is 2. The molecular formula is C20H21ClN8O5S. The Morgan fingerprint density at radius 3 is 2.60 bits per heavy atom. The van der Waals surface area contributed by atoms with E-state index < -0.39 is 21.4 Å². The zero-order chi connectivity index (χ0) is 25.0. The third kappa shape index (κ3) is 5.39. The second kappa shape index (κ2) is 10.3. The Labute approximate surface area is 205 Å². The van der Waals surface area contributed by atoms with Crippen LogP contribution in [0.1, 0.15) is 24.5 Å². The molecule has 0 radical (unpaired) electrons. The number of anilines is 1. The summed E-state index contributed by atoms with van der Waals surface area (Å²) >= 11 is 5.84. The number of hydrogen-bond donors (Lipinski definition) is 1. The number of methoxy groups -OCH3 is 2. The highest BCUT2D eigenvalue weighted by molar-refractivity contribution is 7.93. The Balaban J connectivity index is 1.69. The predicted octanol–water partition coefficient (Wildman–Crippen LogP) is 2.35. The SMILES string of the molecule is COc1cccc(-c2nnc(NS(=O)(=O)C(C)C(OC)c3ncc(Cl)cn3)n2Cc2ccon2)n1. The van der Waals surface area contributed by atoms with Crippen LogP contribution in [0.5, 0.6) is 5.88 Å². The zero-order valence-electron chi connectivity index (χ0n) is 18.9. The van der Waals surface area contributed by atoms with Crippen molar-refractivity contribution in [1.29, 1.82) is 0 Å². The third-order valence-electron chi connectivity index (χ3n) is 5.02. The van der Waals surface area contributed by atoms with Gasteiger partial charge in [-0.2, -0.15) is 0 Å². The van der Waals surface area contributed by atoms with Gasteiger partial charge in [0.2, 0.25) is 21.9 Å². The molecule has 35 heavy (non-hydrogen) atoms.